The summed E-state index contributed by atoms with van der Waals surface area (Å²) in [5.74, 6) is -1.95. The summed E-state index contributed by atoms with van der Waals surface area (Å²) < 4.78 is 31.7. The number of urea groups is 1. The number of alkyl halides is 3. The quantitative estimate of drug-likeness (QED) is 0.366. The predicted molar refractivity (Wildman–Crippen MR) is 150 cm³/mol. The molecule has 2 aliphatic rings. The van der Waals surface area contributed by atoms with Gasteiger partial charge in [-0.25, -0.2) is 9.59 Å². The molecule has 0 atom stereocenters. The number of carboxylic acids is 1. The number of likely N-dealkylation sites (tertiary alicyclic amines) is 1. The van der Waals surface area contributed by atoms with Gasteiger partial charge in [0.2, 0.25) is 0 Å². The Labute approximate surface area is 235 Å². The van der Waals surface area contributed by atoms with Crippen molar-refractivity contribution in [2.75, 3.05) is 26.2 Å². The first kappa shape index (κ1) is 31.5. The molecule has 220 valence electrons. The summed E-state index contributed by atoms with van der Waals surface area (Å²) in [7, 11) is 0. The lowest BCUT2D eigenvalue weighted by Gasteiger charge is -2.33. The summed E-state index contributed by atoms with van der Waals surface area (Å²) in [6, 6.07) is 21.8. The zero-order valence-corrected chi connectivity index (χ0v) is 23.1. The van der Waals surface area contributed by atoms with E-state index in [2.05, 4.69) is 64.8 Å². The molecule has 2 aromatic carbocycles. The number of benzene rings is 2. The van der Waals surface area contributed by atoms with Crippen LogP contribution in [0.3, 0.4) is 0 Å². The van der Waals surface area contributed by atoms with E-state index in [9.17, 15) is 18.0 Å². The van der Waals surface area contributed by atoms with Gasteiger partial charge in [0.05, 0.1) is 0 Å². The van der Waals surface area contributed by atoms with E-state index in [1.807, 2.05) is 11.0 Å². The molecule has 2 N–H and O–H groups in total. The normalized spacial score (nSPS) is 17.0. The number of nitrogens with zero attached hydrogens (tertiary/aromatic N) is 2. The van der Waals surface area contributed by atoms with Crippen molar-refractivity contribution >= 4 is 12.0 Å². The minimum Gasteiger partial charge on any atom is -0.475 e. The Morgan fingerprint density at radius 2 is 1.43 bits per heavy atom. The number of rotatable bonds is 9. The Bertz CT molecular complexity index is 1010. The molecular formula is C31H42F3N3O3. The molecule has 1 saturated heterocycles. The Hall–Kier alpha value is -3.07. The molecule has 0 bridgehead atoms. The van der Waals surface area contributed by atoms with E-state index in [-0.39, 0.29) is 6.03 Å². The minimum absolute atomic E-state index is 0.118. The van der Waals surface area contributed by atoms with Gasteiger partial charge in [-0.3, -0.25) is 0 Å². The van der Waals surface area contributed by atoms with Gasteiger partial charge in [-0.15, -0.1) is 0 Å². The van der Waals surface area contributed by atoms with Crippen molar-refractivity contribution in [3.05, 3.63) is 71.8 Å². The molecule has 1 saturated carbocycles. The smallest absolute Gasteiger partial charge is 0.475 e. The van der Waals surface area contributed by atoms with Crippen molar-refractivity contribution in [2.24, 2.45) is 5.92 Å². The molecule has 2 fully saturated rings. The molecule has 0 radical (unpaired) electrons. The summed E-state index contributed by atoms with van der Waals surface area (Å²) in [4.78, 5) is 26.6. The third kappa shape index (κ3) is 11.6. The van der Waals surface area contributed by atoms with Crippen molar-refractivity contribution in [3.8, 4) is 0 Å². The molecule has 0 aromatic heterocycles. The van der Waals surface area contributed by atoms with Gasteiger partial charge in [0.15, 0.2) is 0 Å². The van der Waals surface area contributed by atoms with Crippen molar-refractivity contribution in [3.63, 3.8) is 0 Å². The largest absolute Gasteiger partial charge is 0.490 e. The Morgan fingerprint density at radius 3 is 1.98 bits per heavy atom. The standard InChI is InChI=1S/C29H41N3O.C2HF3O2/c33-29(30-28-15-8-3-9-16-28)32(24-27-13-6-2-7-14-27)20-10-19-31-21-17-26(18-22-31)23-25-11-4-1-5-12-25;3-2(4,5)1(6)7/h1-2,4-7,11-14,26,28H,3,8-10,15-24H2,(H,30,33);(H,6,7). The number of hydrogen-bond donors (Lipinski definition) is 2. The van der Waals surface area contributed by atoms with Crippen LogP contribution in [-0.4, -0.2) is 65.3 Å². The molecular weight excluding hydrogens is 519 g/mol. The van der Waals surface area contributed by atoms with Crippen LogP contribution in [0.1, 0.15) is 62.5 Å². The first-order chi connectivity index (χ1) is 19.2. The van der Waals surface area contributed by atoms with E-state index in [1.54, 1.807) is 0 Å². The van der Waals surface area contributed by atoms with Crippen LogP contribution in [0.2, 0.25) is 0 Å². The first-order valence-corrected chi connectivity index (χ1v) is 14.4. The summed E-state index contributed by atoms with van der Waals surface area (Å²) in [5, 5.41) is 10.5. The van der Waals surface area contributed by atoms with Gasteiger partial charge in [-0.2, -0.15) is 13.2 Å². The van der Waals surface area contributed by atoms with Gasteiger partial charge in [0.1, 0.15) is 0 Å². The van der Waals surface area contributed by atoms with Crippen LogP contribution in [0.15, 0.2) is 60.7 Å². The SMILES string of the molecule is O=C(NC1CCCCC1)N(CCCN1CCC(Cc2ccccc2)CC1)Cc1ccccc1.O=C(O)C(F)(F)F. The Balaban J connectivity index is 0.000000559. The lowest BCUT2D eigenvalue weighted by molar-refractivity contribution is -0.192. The molecule has 1 aliphatic carbocycles. The lowest BCUT2D eigenvalue weighted by atomic mass is 9.90. The third-order valence-corrected chi connectivity index (χ3v) is 7.66. The molecule has 2 amide bonds. The highest BCUT2D eigenvalue weighted by atomic mass is 19.4. The maximum Gasteiger partial charge on any atom is 0.490 e. The average Bonchev–Trinajstić information content (AvgIpc) is 2.95. The molecule has 6 nitrogen and oxygen atoms in total. The number of carboxylic acid groups (broad SMARTS) is 1. The van der Waals surface area contributed by atoms with Crippen LogP contribution < -0.4 is 5.32 Å². The number of aliphatic carboxylic acids is 1. The second kappa shape index (κ2) is 16.3. The fraction of sp³-hybridized carbons (Fsp3) is 0.548. The van der Waals surface area contributed by atoms with Crippen molar-refractivity contribution in [1.82, 2.24) is 15.1 Å². The maximum absolute atomic E-state index is 13.1. The molecule has 40 heavy (non-hydrogen) atoms. The van der Waals surface area contributed by atoms with Crippen LogP contribution >= 0.6 is 0 Å². The summed E-state index contributed by atoms with van der Waals surface area (Å²) >= 11 is 0. The Morgan fingerprint density at radius 1 is 0.875 bits per heavy atom. The van der Waals surface area contributed by atoms with Gasteiger partial charge < -0.3 is 20.2 Å². The van der Waals surface area contributed by atoms with Gasteiger partial charge >= 0.3 is 18.2 Å². The molecule has 4 rings (SSSR count). The summed E-state index contributed by atoms with van der Waals surface area (Å²) in [6.45, 7) is 4.96. The monoisotopic (exact) mass is 561 g/mol. The highest BCUT2D eigenvalue weighted by Gasteiger charge is 2.38. The maximum atomic E-state index is 13.1. The van der Waals surface area contributed by atoms with Crippen LogP contribution in [0.25, 0.3) is 0 Å². The van der Waals surface area contributed by atoms with Gasteiger partial charge in [0.25, 0.3) is 0 Å². The summed E-state index contributed by atoms with van der Waals surface area (Å²) in [6.07, 6.45) is 5.77. The van der Waals surface area contributed by atoms with Crippen LogP contribution in [0.4, 0.5) is 18.0 Å². The van der Waals surface area contributed by atoms with Crippen molar-refractivity contribution in [1.29, 1.82) is 0 Å². The molecule has 1 heterocycles. The van der Waals surface area contributed by atoms with Crippen molar-refractivity contribution in [2.45, 2.75) is 76.6 Å². The number of halogens is 3. The molecule has 1 aliphatic heterocycles. The molecule has 2 aromatic rings. The number of amides is 2. The van der Waals surface area contributed by atoms with E-state index >= 15 is 0 Å². The topological polar surface area (TPSA) is 72.9 Å². The zero-order chi connectivity index (χ0) is 28.8. The predicted octanol–water partition coefficient (Wildman–Crippen LogP) is 6.51. The van der Waals surface area contributed by atoms with Gasteiger partial charge in [-0.1, -0.05) is 79.9 Å². The fourth-order valence-electron chi connectivity index (χ4n) is 5.42. The zero-order valence-electron chi connectivity index (χ0n) is 23.1. The van der Waals surface area contributed by atoms with Crippen LogP contribution in [0, 0.1) is 5.92 Å². The third-order valence-electron chi connectivity index (χ3n) is 7.66. The van der Waals surface area contributed by atoms with Gasteiger partial charge in [0, 0.05) is 19.1 Å². The number of carbonyl (C=O) groups is 2. The van der Waals surface area contributed by atoms with E-state index < -0.39 is 12.1 Å². The van der Waals surface area contributed by atoms with Crippen molar-refractivity contribution < 1.29 is 27.9 Å². The number of carbonyl (C=O) groups excluding carboxylic acids is 1. The molecule has 0 spiro atoms. The second-order valence-electron chi connectivity index (χ2n) is 10.8. The molecule has 0 unspecified atom stereocenters. The van der Waals surface area contributed by atoms with E-state index in [0.717, 1.165) is 38.3 Å². The van der Waals surface area contributed by atoms with E-state index in [1.165, 1.54) is 62.7 Å². The lowest BCUT2D eigenvalue weighted by Crippen LogP contribution is -2.46. The summed E-state index contributed by atoms with van der Waals surface area (Å²) in [5.41, 5.74) is 2.68. The number of nitrogens with one attached hydrogen (secondary N) is 1. The first-order valence-electron chi connectivity index (χ1n) is 14.4. The highest BCUT2D eigenvalue weighted by Crippen LogP contribution is 2.22. The van der Waals surface area contributed by atoms with Crippen LogP contribution in [-0.2, 0) is 17.8 Å². The second-order valence-corrected chi connectivity index (χ2v) is 10.8. The average molecular weight is 562 g/mol. The highest BCUT2D eigenvalue weighted by molar-refractivity contribution is 5.74. The van der Waals surface area contributed by atoms with E-state index in [4.69, 9.17) is 9.90 Å². The molecule has 9 heteroatoms. The van der Waals surface area contributed by atoms with Crippen LogP contribution in [0.5, 0.6) is 0 Å². The Kier molecular flexibility index (Phi) is 12.8. The fourth-order valence-corrected chi connectivity index (χ4v) is 5.42. The van der Waals surface area contributed by atoms with Gasteiger partial charge in [-0.05, 0) is 75.2 Å². The number of piperidine rings is 1. The number of hydrogen-bond acceptors (Lipinski definition) is 3. The van der Waals surface area contributed by atoms with E-state index in [0.29, 0.717) is 12.6 Å². The minimum atomic E-state index is -5.08.